The molecule has 3 fully saturated rings. The molecule has 3 aliphatic heterocycles. The second-order valence-corrected chi connectivity index (χ2v) is 21.2. The van der Waals surface area contributed by atoms with Crippen molar-refractivity contribution in [1.82, 2.24) is 35.1 Å². The van der Waals surface area contributed by atoms with E-state index in [0.29, 0.717) is 63.4 Å². The largest absolute Gasteiger partial charge is 0.494 e. The van der Waals surface area contributed by atoms with E-state index in [-0.39, 0.29) is 18.4 Å². The van der Waals surface area contributed by atoms with Crippen LogP contribution in [0.5, 0.6) is 5.75 Å². The number of carbonyl (C=O) groups excluding carboxylic acids is 2. The molecule has 0 aliphatic carbocycles. The van der Waals surface area contributed by atoms with Crippen molar-refractivity contribution in [2.45, 2.75) is 64.3 Å². The van der Waals surface area contributed by atoms with Crippen LogP contribution in [0.25, 0.3) is 10.9 Å². The first-order valence-corrected chi connectivity index (χ1v) is 25.2. The van der Waals surface area contributed by atoms with Crippen LogP contribution in [0.2, 0.25) is 0 Å². The molecule has 0 bridgehead atoms. The molecule has 8 rings (SSSR count). The number of nitrogens with one attached hydrogen (secondary N) is 3. The minimum Gasteiger partial charge on any atom is -0.494 e. The molecule has 2 amide bonds. The van der Waals surface area contributed by atoms with Crippen molar-refractivity contribution in [3.05, 3.63) is 87.4 Å². The van der Waals surface area contributed by atoms with E-state index in [2.05, 4.69) is 80.6 Å². The van der Waals surface area contributed by atoms with E-state index in [1.54, 1.807) is 32.8 Å². The van der Waals surface area contributed by atoms with Gasteiger partial charge in [0.15, 0.2) is 0 Å². The highest BCUT2D eigenvalue weighted by Crippen LogP contribution is 2.42. The van der Waals surface area contributed by atoms with Gasteiger partial charge in [-0.2, -0.15) is 4.98 Å². The molecule has 0 spiro atoms. The van der Waals surface area contributed by atoms with E-state index in [9.17, 15) is 14.2 Å². The summed E-state index contributed by atoms with van der Waals surface area (Å²) in [4.78, 5) is 49.5. The van der Waals surface area contributed by atoms with Gasteiger partial charge in [0.1, 0.15) is 36.2 Å². The molecule has 64 heavy (non-hydrogen) atoms. The Bertz CT molecular complexity index is 2610. The molecule has 5 heterocycles. The number of fused-ring (bicyclic) bond motifs is 1. The van der Waals surface area contributed by atoms with Crippen molar-refractivity contribution >= 4 is 79.9 Å². The van der Waals surface area contributed by atoms with Gasteiger partial charge in [0.2, 0.25) is 17.8 Å². The van der Waals surface area contributed by atoms with Gasteiger partial charge in [-0.1, -0.05) is 6.92 Å². The number of benzene rings is 3. The van der Waals surface area contributed by atoms with Gasteiger partial charge in [-0.15, -0.1) is 0 Å². The zero-order valence-electron chi connectivity index (χ0n) is 36.8. The molecular formula is C46H54BrF2N10O4P. The number of anilines is 5. The number of aryl methyl sites for hydroxylation is 2. The van der Waals surface area contributed by atoms with E-state index >= 15 is 8.78 Å². The summed E-state index contributed by atoms with van der Waals surface area (Å²) in [5.41, 5.74) is 4.76. The number of hydrogen-bond acceptors (Lipinski definition) is 13. The molecule has 3 N–H and O–H groups in total. The van der Waals surface area contributed by atoms with Gasteiger partial charge in [0.05, 0.1) is 34.4 Å². The molecule has 3 aliphatic rings. The van der Waals surface area contributed by atoms with Crippen LogP contribution in [0.15, 0.2) is 53.3 Å². The smallest absolute Gasteiger partial charge is 0.234 e. The molecule has 18 heteroatoms. The van der Waals surface area contributed by atoms with Crippen LogP contribution in [-0.2, 0) is 27.0 Å². The summed E-state index contributed by atoms with van der Waals surface area (Å²) in [5, 5.41) is 10.4. The van der Waals surface area contributed by atoms with Crippen molar-refractivity contribution in [3.8, 4) is 5.75 Å². The van der Waals surface area contributed by atoms with Crippen LogP contribution in [0, 0.1) is 18.6 Å². The van der Waals surface area contributed by atoms with Crippen LogP contribution < -0.4 is 30.9 Å². The van der Waals surface area contributed by atoms with Crippen LogP contribution >= 0.6 is 23.1 Å². The average molecular weight is 960 g/mol. The summed E-state index contributed by atoms with van der Waals surface area (Å²) in [5.74, 6) is -1.35. The standard InChI is InChI=1S/C46H54BrF2N10O4P/c1-6-29-23-38(54-46-51-26-33(47)44(56-46)53-37-9-8-36-32(25-50-27(2)52-36)43(37)64(4,5)62)40(63-3)24-39(29)59-15-12-30(13-16-59)58-19-17-57(18-20-58)14-11-28-21-34(48)42(35(49)22-28)31-7-10-41(60)55-45(31)61/h8-9,21-26,30-31H,6-7,10-20H2,1-5H3,(H,55,60,61)(H2,51,53,54,56)/t31-/m1/s1. The maximum absolute atomic E-state index is 15.1. The van der Waals surface area contributed by atoms with Crippen LogP contribution in [-0.4, -0.2) is 114 Å². The number of halogens is 3. The zero-order chi connectivity index (χ0) is 45.3. The third-order valence-corrected chi connectivity index (χ3v) is 14.7. The summed E-state index contributed by atoms with van der Waals surface area (Å²) in [6.45, 7) is 13.6. The first-order valence-electron chi connectivity index (χ1n) is 21.8. The minimum atomic E-state index is -2.78. The number of amides is 2. The highest BCUT2D eigenvalue weighted by molar-refractivity contribution is 9.10. The van der Waals surface area contributed by atoms with Gasteiger partial charge in [0.25, 0.3) is 0 Å². The number of carbonyl (C=O) groups is 2. The van der Waals surface area contributed by atoms with Crippen LogP contribution in [0.4, 0.5) is 37.6 Å². The summed E-state index contributed by atoms with van der Waals surface area (Å²) in [6.07, 6.45) is 6.94. The summed E-state index contributed by atoms with van der Waals surface area (Å²) in [6, 6.07) is 11.1. The second-order valence-electron chi connectivity index (χ2n) is 17.2. The number of rotatable bonds is 13. The number of ether oxygens (including phenoxy) is 1. The van der Waals surface area contributed by atoms with Crippen molar-refractivity contribution < 1.29 is 27.7 Å². The molecule has 0 unspecified atom stereocenters. The summed E-state index contributed by atoms with van der Waals surface area (Å²) in [7, 11) is -1.12. The summed E-state index contributed by atoms with van der Waals surface area (Å²) >= 11 is 3.60. The van der Waals surface area contributed by atoms with Gasteiger partial charge in [0, 0.05) is 98.7 Å². The predicted molar refractivity (Wildman–Crippen MR) is 250 cm³/mol. The van der Waals surface area contributed by atoms with E-state index in [1.165, 1.54) is 17.7 Å². The fourth-order valence-corrected chi connectivity index (χ4v) is 11.0. The fourth-order valence-electron chi connectivity index (χ4n) is 9.28. The first kappa shape index (κ1) is 45.5. The van der Waals surface area contributed by atoms with Crippen molar-refractivity contribution in [3.63, 3.8) is 0 Å². The Morgan fingerprint density at radius 1 is 0.922 bits per heavy atom. The van der Waals surface area contributed by atoms with Gasteiger partial charge < -0.3 is 29.7 Å². The maximum atomic E-state index is 15.1. The van der Waals surface area contributed by atoms with Crippen LogP contribution in [0.1, 0.15) is 61.0 Å². The summed E-state index contributed by atoms with van der Waals surface area (Å²) < 4.78 is 50.4. The van der Waals surface area contributed by atoms with Crippen molar-refractivity contribution in [2.75, 3.05) is 81.8 Å². The Hall–Kier alpha value is -5.09. The van der Waals surface area contributed by atoms with Crippen molar-refractivity contribution in [2.24, 2.45) is 0 Å². The number of hydrogen-bond donors (Lipinski definition) is 3. The molecule has 1 atom stereocenters. The molecule has 3 aromatic carbocycles. The third kappa shape index (κ3) is 9.92. The topological polar surface area (TPSA) is 158 Å². The molecular weight excluding hydrogens is 905 g/mol. The Kier molecular flexibility index (Phi) is 13.6. The lowest BCUT2D eigenvalue weighted by atomic mass is 9.89. The van der Waals surface area contributed by atoms with Crippen LogP contribution in [0.3, 0.4) is 0 Å². The van der Waals surface area contributed by atoms with E-state index in [4.69, 9.17) is 9.72 Å². The Labute approximate surface area is 380 Å². The lowest BCUT2D eigenvalue weighted by Crippen LogP contribution is -2.53. The Balaban J connectivity index is 0.872. The third-order valence-electron chi connectivity index (χ3n) is 12.6. The molecule has 338 valence electrons. The number of methoxy groups -OCH3 is 1. The first-order chi connectivity index (χ1) is 30.7. The number of nitrogens with zero attached hydrogens (tertiary/aromatic N) is 7. The van der Waals surface area contributed by atoms with E-state index < -0.39 is 36.5 Å². The highest BCUT2D eigenvalue weighted by atomic mass is 79.9. The molecule has 5 aromatic rings. The fraction of sp³-hybridized carbons (Fsp3) is 0.435. The normalized spacial score (nSPS) is 18.1. The Morgan fingerprint density at radius 2 is 1.66 bits per heavy atom. The van der Waals surface area contributed by atoms with Gasteiger partial charge in [-0.3, -0.25) is 19.8 Å². The van der Waals surface area contributed by atoms with Gasteiger partial charge in [-0.05, 0) is 110 Å². The average Bonchev–Trinajstić information content (AvgIpc) is 3.27. The molecule has 2 aromatic heterocycles. The number of aromatic nitrogens is 4. The lowest BCUT2D eigenvalue weighted by molar-refractivity contribution is -0.134. The zero-order valence-corrected chi connectivity index (χ0v) is 39.3. The SMILES string of the molecule is CCc1cc(Nc2ncc(Br)c(Nc3ccc4nc(C)ncc4c3P(C)(C)=O)n2)c(OC)cc1N1CCC(N2CCN(CCc3cc(F)c([C@H]4CCC(=O)NC4=O)c(F)c3)CC2)CC1. The lowest BCUT2D eigenvalue weighted by Gasteiger charge is -2.43. The minimum absolute atomic E-state index is 0.0634. The van der Waals surface area contributed by atoms with Gasteiger partial charge >= 0.3 is 0 Å². The second kappa shape index (κ2) is 19.2. The molecule has 0 radical (unpaired) electrons. The highest BCUT2D eigenvalue weighted by Gasteiger charge is 2.33. The molecule has 0 saturated carbocycles. The van der Waals surface area contributed by atoms with E-state index in [0.717, 1.165) is 80.8 Å². The number of piperidine rings is 2. The predicted octanol–water partition coefficient (Wildman–Crippen LogP) is 7.42. The van der Waals surface area contributed by atoms with E-state index in [1.807, 2.05) is 19.1 Å². The Morgan fingerprint density at radius 3 is 2.33 bits per heavy atom. The molecule has 14 nitrogen and oxygen atoms in total. The van der Waals surface area contributed by atoms with Crippen molar-refractivity contribution in [1.29, 1.82) is 0 Å². The van der Waals surface area contributed by atoms with Gasteiger partial charge in [-0.25, -0.2) is 23.7 Å². The number of piperazine rings is 1. The quantitative estimate of drug-likeness (QED) is 0.0792. The monoisotopic (exact) mass is 958 g/mol. The maximum Gasteiger partial charge on any atom is 0.234 e. The molecule has 3 saturated heterocycles. The number of imide groups is 1.